The fourth-order valence-corrected chi connectivity index (χ4v) is 4.79. The molecular formula is C22H19N3O3. The van der Waals surface area contributed by atoms with Gasteiger partial charge in [0.2, 0.25) is 17.7 Å². The van der Waals surface area contributed by atoms with E-state index in [1.165, 1.54) is 4.90 Å². The third kappa shape index (κ3) is 2.11. The number of para-hydroxylation sites is 1. The monoisotopic (exact) mass is 373 g/mol. The number of hydrogen-bond acceptors (Lipinski definition) is 4. The first kappa shape index (κ1) is 16.7. The second-order valence-electron chi connectivity index (χ2n) is 7.56. The van der Waals surface area contributed by atoms with Crippen molar-refractivity contribution in [3.05, 3.63) is 65.7 Å². The van der Waals surface area contributed by atoms with E-state index in [0.717, 1.165) is 16.8 Å². The van der Waals surface area contributed by atoms with Crippen molar-refractivity contribution >= 4 is 35.2 Å². The number of hydrogen-bond donors (Lipinski definition) is 1. The van der Waals surface area contributed by atoms with E-state index >= 15 is 0 Å². The molecule has 3 heterocycles. The molecule has 0 unspecified atom stereocenters. The Kier molecular flexibility index (Phi) is 3.46. The van der Waals surface area contributed by atoms with Gasteiger partial charge in [-0.3, -0.25) is 14.4 Å². The normalized spacial score (nSPS) is 27.6. The van der Waals surface area contributed by atoms with Gasteiger partial charge in [0.15, 0.2) is 0 Å². The van der Waals surface area contributed by atoms with Gasteiger partial charge in [-0.2, -0.15) is 0 Å². The van der Waals surface area contributed by atoms with Crippen LogP contribution in [0.15, 0.2) is 54.6 Å². The number of nitrogens with zero attached hydrogens (tertiary/aromatic N) is 2. The number of amides is 3. The van der Waals surface area contributed by atoms with Crippen LogP contribution in [0.1, 0.15) is 11.1 Å². The zero-order valence-electron chi connectivity index (χ0n) is 15.3. The molecule has 6 heteroatoms. The van der Waals surface area contributed by atoms with Crippen molar-refractivity contribution in [2.24, 2.45) is 17.6 Å². The number of primary amides is 1. The third-order valence-electron chi connectivity index (χ3n) is 6.00. The number of carbonyl (C=O) groups excluding carboxylic acids is 3. The first-order valence-corrected chi connectivity index (χ1v) is 9.28. The molecule has 2 aromatic carbocycles. The van der Waals surface area contributed by atoms with E-state index in [9.17, 15) is 14.4 Å². The van der Waals surface area contributed by atoms with Crippen molar-refractivity contribution in [2.45, 2.75) is 19.0 Å². The molecule has 28 heavy (non-hydrogen) atoms. The van der Waals surface area contributed by atoms with Crippen LogP contribution >= 0.6 is 0 Å². The summed E-state index contributed by atoms with van der Waals surface area (Å²) >= 11 is 0. The molecule has 5 rings (SSSR count). The minimum absolute atomic E-state index is 0.276. The van der Waals surface area contributed by atoms with Gasteiger partial charge in [0, 0.05) is 5.69 Å². The Bertz CT molecular complexity index is 1040. The summed E-state index contributed by atoms with van der Waals surface area (Å²) in [4.78, 5) is 42.1. The van der Waals surface area contributed by atoms with Gasteiger partial charge in [-0.25, -0.2) is 4.90 Å². The number of nitrogens with two attached hydrogens (primary N) is 1. The van der Waals surface area contributed by atoms with Crippen LogP contribution in [0, 0.1) is 18.8 Å². The van der Waals surface area contributed by atoms with Crippen LogP contribution in [0.3, 0.4) is 0 Å². The number of imide groups is 1. The van der Waals surface area contributed by atoms with Crippen LogP contribution in [-0.2, 0) is 14.4 Å². The molecule has 6 nitrogen and oxygen atoms in total. The average Bonchev–Trinajstić information content (AvgIpc) is 3.16. The molecule has 0 aromatic heterocycles. The summed E-state index contributed by atoms with van der Waals surface area (Å²) in [5, 5.41) is 0. The molecule has 2 aromatic rings. The summed E-state index contributed by atoms with van der Waals surface area (Å²) in [5.41, 5.74) is 9.09. The lowest BCUT2D eigenvalue weighted by atomic mass is 9.88. The number of anilines is 2. The summed E-state index contributed by atoms with van der Waals surface area (Å²) in [6.07, 6.45) is 3.86. The van der Waals surface area contributed by atoms with Gasteiger partial charge in [-0.1, -0.05) is 48.0 Å². The average molecular weight is 373 g/mol. The topological polar surface area (TPSA) is 83.7 Å². The lowest BCUT2D eigenvalue weighted by Gasteiger charge is -2.35. The Morgan fingerprint density at radius 3 is 2.36 bits per heavy atom. The van der Waals surface area contributed by atoms with Crippen molar-refractivity contribution in [2.75, 3.05) is 9.80 Å². The zero-order chi connectivity index (χ0) is 19.6. The van der Waals surface area contributed by atoms with E-state index < -0.39 is 23.8 Å². The summed E-state index contributed by atoms with van der Waals surface area (Å²) in [5.74, 6) is -2.64. The molecule has 0 saturated carbocycles. The van der Waals surface area contributed by atoms with Gasteiger partial charge in [0.25, 0.3) is 0 Å². The highest BCUT2D eigenvalue weighted by Crippen LogP contribution is 2.48. The molecule has 0 radical (unpaired) electrons. The lowest BCUT2D eigenvalue weighted by molar-refractivity contribution is -0.127. The summed E-state index contributed by atoms with van der Waals surface area (Å²) in [6.45, 7) is 1.94. The standard InChI is InChI=1S/C22H19N3O3/c1-12-6-9-14(10-7-12)24-21(27)17-16-11-8-13-4-2-3-5-15(13)25(16)19(20(23)26)18(17)22(24)28/h2-11,16-19H,1H3,(H2,23,26)/t16-,17-,18-,19+/m1/s1. The number of benzene rings is 2. The Hall–Kier alpha value is -3.41. The molecule has 2 saturated heterocycles. The second kappa shape index (κ2) is 5.79. The molecule has 2 fully saturated rings. The zero-order valence-corrected chi connectivity index (χ0v) is 15.3. The lowest BCUT2D eigenvalue weighted by Crippen LogP contribution is -2.50. The first-order valence-electron chi connectivity index (χ1n) is 9.28. The van der Waals surface area contributed by atoms with Crippen LogP contribution in [0.25, 0.3) is 6.08 Å². The molecule has 2 N–H and O–H groups in total. The molecule has 3 aliphatic rings. The molecule has 140 valence electrons. The molecule has 0 spiro atoms. The Labute approximate surface area is 162 Å². The van der Waals surface area contributed by atoms with Crippen LogP contribution in [0.5, 0.6) is 0 Å². The maximum atomic E-state index is 13.3. The number of fused-ring (bicyclic) bond motifs is 5. The van der Waals surface area contributed by atoms with Crippen molar-refractivity contribution in [1.82, 2.24) is 0 Å². The largest absolute Gasteiger partial charge is 0.368 e. The first-order chi connectivity index (χ1) is 13.5. The highest BCUT2D eigenvalue weighted by Gasteiger charge is 2.64. The van der Waals surface area contributed by atoms with E-state index in [2.05, 4.69) is 0 Å². The Morgan fingerprint density at radius 2 is 1.64 bits per heavy atom. The van der Waals surface area contributed by atoms with Crippen molar-refractivity contribution < 1.29 is 14.4 Å². The Balaban J connectivity index is 1.62. The maximum absolute atomic E-state index is 13.3. The van der Waals surface area contributed by atoms with E-state index in [4.69, 9.17) is 5.73 Å². The smallest absolute Gasteiger partial charge is 0.241 e. The van der Waals surface area contributed by atoms with Crippen LogP contribution < -0.4 is 15.5 Å². The van der Waals surface area contributed by atoms with Gasteiger partial charge in [-0.05, 0) is 30.7 Å². The molecule has 0 aliphatic carbocycles. The van der Waals surface area contributed by atoms with Crippen molar-refractivity contribution in [1.29, 1.82) is 0 Å². The number of aryl methyl sites for hydroxylation is 1. The number of rotatable bonds is 2. The van der Waals surface area contributed by atoms with Crippen LogP contribution in [0.2, 0.25) is 0 Å². The van der Waals surface area contributed by atoms with Gasteiger partial charge in [-0.15, -0.1) is 0 Å². The van der Waals surface area contributed by atoms with Crippen LogP contribution in [-0.4, -0.2) is 29.8 Å². The predicted molar refractivity (Wildman–Crippen MR) is 105 cm³/mol. The number of carbonyl (C=O) groups is 3. The van der Waals surface area contributed by atoms with Gasteiger partial charge in [0.1, 0.15) is 6.04 Å². The minimum atomic E-state index is -0.854. The Morgan fingerprint density at radius 1 is 0.964 bits per heavy atom. The van der Waals surface area contributed by atoms with Gasteiger partial charge in [0.05, 0.1) is 23.6 Å². The van der Waals surface area contributed by atoms with Gasteiger partial charge >= 0.3 is 0 Å². The second-order valence-corrected chi connectivity index (χ2v) is 7.56. The minimum Gasteiger partial charge on any atom is -0.368 e. The SMILES string of the molecule is Cc1ccc(N2C(=O)[C@@H]3[C@H](C2=O)[C@H]2C=Cc4ccccc4N2[C@@H]3C(N)=O)cc1. The molecular weight excluding hydrogens is 354 g/mol. The van der Waals surface area contributed by atoms with E-state index in [-0.39, 0.29) is 17.9 Å². The highest BCUT2D eigenvalue weighted by atomic mass is 16.2. The fourth-order valence-electron chi connectivity index (χ4n) is 4.79. The highest BCUT2D eigenvalue weighted by molar-refractivity contribution is 6.24. The van der Waals surface area contributed by atoms with Crippen molar-refractivity contribution in [3.63, 3.8) is 0 Å². The van der Waals surface area contributed by atoms with Gasteiger partial charge < -0.3 is 10.6 Å². The fraction of sp³-hybridized carbons (Fsp3) is 0.227. The predicted octanol–water partition coefficient (Wildman–Crippen LogP) is 1.87. The van der Waals surface area contributed by atoms with E-state index in [1.807, 2.05) is 60.4 Å². The summed E-state index contributed by atoms with van der Waals surface area (Å²) in [7, 11) is 0. The molecule has 0 bridgehead atoms. The van der Waals surface area contributed by atoms with Crippen molar-refractivity contribution in [3.8, 4) is 0 Å². The molecule has 3 aliphatic heterocycles. The maximum Gasteiger partial charge on any atom is 0.241 e. The van der Waals surface area contributed by atoms with E-state index in [0.29, 0.717) is 5.69 Å². The molecule has 4 atom stereocenters. The molecule has 3 amide bonds. The third-order valence-corrected chi connectivity index (χ3v) is 6.00. The quantitative estimate of drug-likeness (QED) is 0.815. The summed E-state index contributed by atoms with van der Waals surface area (Å²) in [6, 6.07) is 13.6. The van der Waals surface area contributed by atoms with E-state index in [1.54, 1.807) is 12.1 Å². The summed E-state index contributed by atoms with van der Waals surface area (Å²) < 4.78 is 0. The van der Waals surface area contributed by atoms with Crippen LogP contribution in [0.4, 0.5) is 11.4 Å².